The van der Waals surface area contributed by atoms with Gasteiger partial charge in [0.15, 0.2) is 0 Å². The second-order valence-electron chi connectivity index (χ2n) is 6.07. The molecule has 1 aliphatic rings. The van der Waals surface area contributed by atoms with E-state index in [4.69, 9.17) is 10.00 Å². The summed E-state index contributed by atoms with van der Waals surface area (Å²) in [7, 11) is 0. The normalized spacial score (nSPS) is 17.8. The summed E-state index contributed by atoms with van der Waals surface area (Å²) in [4.78, 5) is 11.6. The van der Waals surface area contributed by atoms with Crippen LogP contribution in [0.5, 0.6) is 0 Å². The maximum absolute atomic E-state index is 11.6. The summed E-state index contributed by atoms with van der Waals surface area (Å²) in [5.74, 6) is 0.545. The molecule has 0 spiro atoms. The lowest BCUT2D eigenvalue weighted by molar-refractivity contribution is 0.0518. The van der Waals surface area contributed by atoms with Crippen molar-refractivity contribution in [2.75, 3.05) is 13.1 Å². The molecule has 0 aromatic carbocycles. The van der Waals surface area contributed by atoms with Crippen molar-refractivity contribution in [3.63, 3.8) is 0 Å². The molecule has 1 unspecified atom stereocenters. The molecule has 0 heterocycles. The van der Waals surface area contributed by atoms with Crippen LogP contribution < -0.4 is 10.6 Å². The Morgan fingerprint density at radius 2 is 2.05 bits per heavy atom. The number of nitrogens with zero attached hydrogens (tertiary/aromatic N) is 1. The first-order valence-corrected chi connectivity index (χ1v) is 6.99. The molecule has 2 N–H and O–H groups in total. The van der Waals surface area contributed by atoms with E-state index in [1.165, 1.54) is 25.7 Å². The van der Waals surface area contributed by atoms with Gasteiger partial charge in [0.2, 0.25) is 0 Å². The predicted octanol–water partition coefficient (Wildman–Crippen LogP) is 2.18. The van der Waals surface area contributed by atoms with E-state index in [1.54, 1.807) is 0 Å². The summed E-state index contributed by atoms with van der Waals surface area (Å²) in [5.41, 5.74) is -0.479. The van der Waals surface area contributed by atoms with E-state index >= 15 is 0 Å². The summed E-state index contributed by atoms with van der Waals surface area (Å²) in [6.07, 6.45) is 4.41. The van der Waals surface area contributed by atoms with Crippen LogP contribution in [0.2, 0.25) is 0 Å². The van der Waals surface area contributed by atoms with E-state index in [0.717, 1.165) is 0 Å². The van der Waals surface area contributed by atoms with Crippen LogP contribution in [0, 0.1) is 17.2 Å². The Labute approximate surface area is 115 Å². The molecule has 1 saturated carbocycles. The molecule has 1 amide bonds. The maximum Gasteiger partial charge on any atom is 0.407 e. The van der Waals surface area contributed by atoms with Crippen molar-refractivity contribution < 1.29 is 9.53 Å². The number of carbonyl (C=O) groups excluding carboxylic acids is 1. The van der Waals surface area contributed by atoms with E-state index in [1.807, 2.05) is 20.8 Å². The van der Waals surface area contributed by atoms with E-state index < -0.39 is 11.7 Å². The molecule has 0 aromatic heterocycles. The first-order valence-electron chi connectivity index (χ1n) is 6.99. The lowest BCUT2D eigenvalue weighted by Gasteiger charge is -2.25. The Hall–Kier alpha value is -1.28. The van der Waals surface area contributed by atoms with E-state index in [9.17, 15) is 4.79 Å². The molecule has 0 aromatic rings. The smallest absolute Gasteiger partial charge is 0.407 e. The van der Waals surface area contributed by atoms with Gasteiger partial charge in [0.25, 0.3) is 0 Å². The minimum absolute atomic E-state index is 0.162. The average Bonchev–Trinajstić information content (AvgIpc) is 2.80. The number of nitrogens with one attached hydrogen (secondary N) is 2. The number of amides is 1. The van der Waals surface area contributed by atoms with E-state index in [-0.39, 0.29) is 6.04 Å². The highest BCUT2D eigenvalue weighted by molar-refractivity contribution is 5.67. The van der Waals surface area contributed by atoms with Gasteiger partial charge in [-0.05, 0) is 39.5 Å². The van der Waals surface area contributed by atoms with Crippen molar-refractivity contribution >= 4 is 6.09 Å². The molecule has 1 rings (SSSR count). The zero-order valence-electron chi connectivity index (χ0n) is 12.2. The summed E-state index contributed by atoms with van der Waals surface area (Å²) in [6, 6.07) is 2.25. The predicted molar refractivity (Wildman–Crippen MR) is 73.6 cm³/mol. The van der Waals surface area contributed by atoms with Gasteiger partial charge in [0, 0.05) is 12.6 Å². The molecule has 1 fully saturated rings. The van der Waals surface area contributed by atoms with Crippen molar-refractivity contribution in [2.45, 2.75) is 58.1 Å². The first kappa shape index (κ1) is 15.8. The minimum Gasteiger partial charge on any atom is -0.444 e. The van der Waals surface area contributed by atoms with Crippen LogP contribution >= 0.6 is 0 Å². The molecular formula is C14H25N3O2. The number of nitriles is 1. The monoisotopic (exact) mass is 267 g/mol. The van der Waals surface area contributed by atoms with Crippen molar-refractivity contribution in [1.82, 2.24) is 10.6 Å². The fraction of sp³-hybridized carbons (Fsp3) is 0.857. The van der Waals surface area contributed by atoms with Gasteiger partial charge >= 0.3 is 6.09 Å². The third-order valence-electron chi connectivity index (χ3n) is 3.28. The van der Waals surface area contributed by atoms with Crippen LogP contribution in [0.4, 0.5) is 4.79 Å². The highest BCUT2D eigenvalue weighted by atomic mass is 16.6. The number of ether oxygens (including phenoxy) is 1. The second kappa shape index (κ2) is 7.34. The van der Waals surface area contributed by atoms with Crippen LogP contribution in [0.1, 0.15) is 46.5 Å². The Bertz CT molecular complexity index is 325. The third kappa shape index (κ3) is 6.44. The number of hydrogen-bond acceptors (Lipinski definition) is 4. The largest absolute Gasteiger partial charge is 0.444 e. The average molecular weight is 267 g/mol. The standard InChI is InChI=1S/C14H25N3O2/c1-14(2,3)19-13(18)17-10-12(16-9-8-15)11-6-4-5-7-11/h11-12,16H,4-7,9-10H2,1-3H3,(H,17,18). The van der Waals surface area contributed by atoms with Gasteiger partial charge in [-0.15, -0.1) is 0 Å². The van der Waals surface area contributed by atoms with Gasteiger partial charge in [-0.2, -0.15) is 5.26 Å². The van der Waals surface area contributed by atoms with Crippen LogP contribution in [0.15, 0.2) is 0 Å². The van der Waals surface area contributed by atoms with Crippen molar-refractivity contribution in [3.05, 3.63) is 0 Å². The molecule has 19 heavy (non-hydrogen) atoms. The Morgan fingerprint density at radius 1 is 1.42 bits per heavy atom. The topological polar surface area (TPSA) is 74.2 Å². The quantitative estimate of drug-likeness (QED) is 0.749. The summed E-state index contributed by atoms with van der Waals surface area (Å²) >= 11 is 0. The SMILES string of the molecule is CC(C)(C)OC(=O)NCC(NCC#N)C1CCCC1. The number of hydrogen-bond donors (Lipinski definition) is 2. The molecule has 1 atom stereocenters. The van der Waals surface area contributed by atoms with Gasteiger partial charge in [-0.1, -0.05) is 12.8 Å². The van der Waals surface area contributed by atoms with Crippen LogP contribution in [0.3, 0.4) is 0 Å². The van der Waals surface area contributed by atoms with Gasteiger partial charge < -0.3 is 10.1 Å². The lowest BCUT2D eigenvalue weighted by Crippen LogP contribution is -2.46. The van der Waals surface area contributed by atoms with E-state index in [0.29, 0.717) is 19.0 Å². The number of rotatable bonds is 5. The van der Waals surface area contributed by atoms with Crippen molar-refractivity contribution in [2.24, 2.45) is 5.92 Å². The molecule has 0 radical (unpaired) electrons. The van der Waals surface area contributed by atoms with E-state index in [2.05, 4.69) is 16.7 Å². The summed E-state index contributed by atoms with van der Waals surface area (Å²) < 4.78 is 5.21. The lowest BCUT2D eigenvalue weighted by atomic mass is 9.98. The van der Waals surface area contributed by atoms with Crippen molar-refractivity contribution in [1.29, 1.82) is 5.26 Å². The van der Waals surface area contributed by atoms with Gasteiger partial charge in [0.05, 0.1) is 12.6 Å². The highest BCUT2D eigenvalue weighted by Crippen LogP contribution is 2.27. The highest BCUT2D eigenvalue weighted by Gasteiger charge is 2.25. The Kier molecular flexibility index (Phi) is 6.10. The molecule has 5 nitrogen and oxygen atoms in total. The Balaban J connectivity index is 2.39. The molecular weight excluding hydrogens is 242 g/mol. The maximum atomic E-state index is 11.6. The molecule has 0 aliphatic heterocycles. The minimum atomic E-state index is -0.479. The second-order valence-corrected chi connectivity index (χ2v) is 6.07. The zero-order chi connectivity index (χ0) is 14.3. The molecule has 1 aliphatic carbocycles. The van der Waals surface area contributed by atoms with Gasteiger partial charge in [0.1, 0.15) is 5.60 Å². The molecule has 0 bridgehead atoms. The van der Waals surface area contributed by atoms with Crippen LogP contribution in [0.25, 0.3) is 0 Å². The zero-order valence-corrected chi connectivity index (χ0v) is 12.2. The number of carbonyl (C=O) groups is 1. The van der Waals surface area contributed by atoms with Crippen molar-refractivity contribution in [3.8, 4) is 6.07 Å². The molecule has 108 valence electrons. The van der Waals surface area contributed by atoms with Crippen LogP contribution in [-0.2, 0) is 4.74 Å². The summed E-state index contributed by atoms with van der Waals surface area (Å²) in [6.45, 7) is 6.36. The molecule has 0 saturated heterocycles. The van der Waals surface area contributed by atoms with Crippen LogP contribution in [-0.4, -0.2) is 30.8 Å². The summed E-state index contributed by atoms with van der Waals surface area (Å²) in [5, 5.41) is 14.7. The molecule has 5 heteroatoms. The Morgan fingerprint density at radius 3 is 2.58 bits per heavy atom. The number of alkyl carbamates (subject to hydrolysis) is 1. The fourth-order valence-electron chi connectivity index (χ4n) is 2.45. The van der Waals surface area contributed by atoms with Gasteiger partial charge in [-0.3, -0.25) is 5.32 Å². The fourth-order valence-corrected chi connectivity index (χ4v) is 2.45. The third-order valence-corrected chi connectivity index (χ3v) is 3.28. The first-order chi connectivity index (χ1) is 8.92. The van der Waals surface area contributed by atoms with Gasteiger partial charge in [-0.25, -0.2) is 4.79 Å².